The SMILES string of the molecule is C[C@@H](CN)NS(=O)(=O)c1ccc(F)c(F)c1F.Cl. The van der Waals surface area contributed by atoms with Gasteiger partial charge in [-0.25, -0.2) is 26.3 Å². The van der Waals surface area contributed by atoms with Gasteiger partial charge in [0.15, 0.2) is 17.5 Å². The van der Waals surface area contributed by atoms with Crippen LogP contribution in [0.5, 0.6) is 0 Å². The molecule has 0 spiro atoms. The van der Waals surface area contributed by atoms with Gasteiger partial charge in [0.25, 0.3) is 0 Å². The molecule has 1 atom stereocenters. The van der Waals surface area contributed by atoms with Gasteiger partial charge >= 0.3 is 0 Å². The molecule has 0 aliphatic rings. The molecule has 0 heterocycles. The summed E-state index contributed by atoms with van der Waals surface area (Å²) in [5.74, 6) is -5.02. The number of halogens is 4. The molecule has 3 N–H and O–H groups in total. The van der Waals surface area contributed by atoms with Gasteiger partial charge in [-0.2, -0.15) is 0 Å². The highest BCUT2D eigenvalue weighted by atomic mass is 35.5. The fraction of sp³-hybridized carbons (Fsp3) is 0.333. The maximum absolute atomic E-state index is 13.2. The van der Waals surface area contributed by atoms with Crippen LogP contribution in [0.2, 0.25) is 0 Å². The number of hydrogen-bond donors (Lipinski definition) is 2. The Hall–Kier alpha value is -0.830. The van der Waals surface area contributed by atoms with Gasteiger partial charge in [0.2, 0.25) is 10.0 Å². The number of rotatable bonds is 4. The zero-order valence-corrected chi connectivity index (χ0v) is 10.9. The van der Waals surface area contributed by atoms with E-state index in [-0.39, 0.29) is 19.0 Å². The molecular formula is C9H12ClF3N2O2S. The van der Waals surface area contributed by atoms with Gasteiger partial charge in [-0.15, -0.1) is 12.4 Å². The third-order valence-electron chi connectivity index (χ3n) is 2.00. The highest BCUT2D eigenvalue weighted by Crippen LogP contribution is 2.19. The van der Waals surface area contributed by atoms with E-state index >= 15 is 0 Å². The van der Waals surface area contributed by atoms with Crippen molar-refractivity contribution in [2.45, 2.75) is 17.9 Å². The first kappa shape index (κ1) is 17.2. The zero-order chi connectivity index (χ0) is 13.2. The van der Waals surface area contributed by atoms with E-state index in [1.165, 1.54) is 6.92 Å². The number of nitrogens with two attached hydrogens (primary N) is 1. The molecule has 0 saturated carbocycles. The predicted molar refractivity (Wildman–Crippen MR) is 62.4 cm³/mol. The lowest BCUT2D eigenvalue weighted by molar-refractivity contribution is 0.431. The van der Waals surface area contributed by atoms with Crippen LogP contribution < -0.4 is 10.5 Å². The minimum absolute atomic E-state index is 0. The van der Waals surface area contributed by atoms with Crippen molar-refractivity contribution < 1.29 is 21.6 Å². The monoisotopic (exact) mass is 304 g/mol. The van der Waals surface area contributed by atoms with Crippen LogP contribution in [-0.2, 0) is 10.0 Å². The second-order valence-electron chi connectivity index (χ2n) is 3.43. The molecule has 0 aromatic heterocycles. The number of benzene rings is 1. The molecule has 4 nitrogen and oxygen atoms in total. The maximum atomic E-state index is 13.2. The van der Waals surface area contributed by atoms with Crippen molar-refractivity contribution in [2.24, 2.45) is 5.73 Å². The molecule has 0 radical (unpaired) electrons. The first-order valence-corrected chi connectivity index (χ1v) is 6.13. The minimum atomic E-state index is -4.25. The zero-order valence-electron chi connectivity index (χ0n) is 9.28. The fourth-order valence-electron chi connectivity index (χ4n) is 1.09. The molecule has 0 unspecified atom stereocenters. The topological polar surface area (TPSA) is 72.2 Å². The maximum Gasteiger partial charge on any atom is 0.243 e. The van der Waals surface area contributed by atoms with Gasteiger partial charge in [0.1, 0.15) is 4.90 Å². The average molecular weight is 305 g/mol. The Morgan fingerprint density at radius 3 is 2.33 bits per heavy atom. The summed E-state index contributed by atoms with van der Waals surface area (Å²) in [7, 11) is -4.25. The van der Waals surface area contributed by atoms with E-state index in [2.05, 4.69) is 0 Å². The molecule has 0 aliphatic heterocycles. The molecule has 0 amide bonds. The van der Waals surface area contributed by atoms with Crippen molar-refractivity contribution in [2.75, 3.05) is 6.54 Å². The van der Waals surface area contributed by atoms with Crippen LogP contribution >= 0.6 is 12.4 Å². The van der Waals surface area contributed by atoms with E-state index < -0.39 is 38.4 Å². The minimum Gasteiger partial charge on any atom is -0.329 e. The lowest BCUT2D eigenvalue weighted by Gasteiger charge is -2.12. The second kappa shape index (κ2) is 6.37. The lowest BCUT2D eigenvalue weighted by atomic mass is 10.3. The van der Waals surface area contributed by atoms with Gasteiger partial charge in [0, 0.05) is 12.6 Å². The molecule has 18 heavy (non-hydrogen) atoms. The Labute approximate surface area is 109 Å². The highest BCUT2D eigenvalue weighted by Gasteiger charge is 2.24. The van der Waals surface area contributed by atoms with Crippen molar-refractivity contribution in [3.05, 3.63) is 29.6 Å². The van der Waals surface area contributed by atoms with Crippen LogP contribution in [0, 0.1) is 17.5 Å². The summed E-state index contributed by atoms with van der Waals surface area (Å²) >= 11 is 0. The molecule has 104 valence electrons. The molecule has 9 heteroatoms. The van der Waals surface area contributed by atoms with E-state index in [1.807, 2.05) is 4.72 Å². The van der Waals surface area contributed by atoms with Gasteiger partial charge in [0.05, 0.1) is 0 Å². The smallest absolute Gasteiger partial charge is 0.243 e. The van der Waals surface area contributed by atoms with E-state index in [0.717, 1.165) is 0 Å². The van der Waals surface area contributed by atoms with E-state index in [0.29, 0.717) is 12.1 Å². The van der Waals surface area contributed by atoms with Crippen molar-refractivity contribution in [3.8, 4) is 0 Å². The van der Waals surface area contributed by atoms with Crippen molar-refractivity contribution in [1.29, 1.82) is 0 Å². The van der Waals surface area contributed by atoms with Crippen LogP contribution in [0.1, 0.15) is 6.92 Å². The third-order valence-corrected chi connectivity index (χ3v) is 3.61. The number of hydrogen-bond acceptors (Lipinski definition) is 3. The summed E-state index contributed by atoms with van der Waals surface area (Å²) in [6, 6.07) is 0.548. The quantitative estimate of drug-likeness (QED) is 0.820. The Kier molecular flexibility index (Phi) is 6.08. The summed E-state index contributed by atoms with van der Waals surface area (Å²) in [6.07, 6.45) is 0. The van der Waals surface area contributed by atoms with Gasteiger partial charge in [-0.1, -0.05) is 0 Å². The lowest BCUT2D eigenvalue weighted by Crippen LogP contribution is -2.38. The van der Waals surface area contributed by atoms with Crippen molar-refractivity contribution in [1.82, 2.24) is 4.72 Å². The fourth-order valence-corrected chi connectivity index (χ4v) is 2.42. The first-order valence-electron chi connectivity index (χ1n) is 4.65. The summed E-state index contributed by atoms with van der Waals surface area (Å²) in [5, 5.41) is 0. The van der Waals surface area contributed by atoms with E-state index in [9.17, 15) is 21.6 Å². The predicted octanol–water partition coefficient (Wildman–Crippen LogP) is 1.15. The molecule has 1 rings (SSSR count). The molecule has 0 saturated heterocycles. The summed E-state index contributed by atoms with van der Waals surface area (Å²) in [6.45, 7) is 1.44. The molecule has 0 aliphatic carbocycles. The third kappa shape index (κ3) is 3.58. The molecule has 1 aromatic rings. The van der Waals surface area contributed by atoms with Gasteiger partial charge in [-0.05, 0) is 19.1 Å². The first-order chi connectivity index (χ1) is 7.79. The van der Waals surface area contributed by atoms with E-state index in [1.54, 1.807) is 0 Å². The largest absolute Gasteiger partial charge is 0.329 e. The Balaban J connectivity index is 0.00000289. The molecular weight excluding hydrogens is 293 g/mol. The van der Waals surface area contributed by atoms with Crippen LogP contribution in [0.4, 0.5) is 13.2 Å². The summed E-state index contributed by atoms with van der Waals surface area (Å²) in [5.41, 5.74) is 5.19. The van der Waals surface area contributed by atoms with E-state index in [4.69, 9.17) is 5.73 Å². The van der Waals surface area contributed by atoms with Crippen LogP contribution in [0.3, 0.4) is 0 Å². The Morgan fingerprint density at radius 2 is 1.83 bits per heavy atom. The Morgan fingerprint density at radius 1 is 1.28 bits per heavy atom. The molecule has 1 aromatic carbocycles. The van der Waals surface area contributed by atoms with Gasteiger partial charge < -0.3 is 5.73 Å². The van der Waals surface area contributed by atoms with Crippen LogP contribution in [-0.4, -0.2) is 21.0 Å². The summed E-state index contributed by atoms with van der Waals surface area (Å²) in [4.78, 5) is -0.948. The van der Waals surface area contributed by atoms with Crippen LogP contribution in [0.15, 0.2) is 17.0 Å². The second-order valence-corrected chi connectivity index (χ2v) is 5.11. The number of sulfonamides is 1. The van der Waals surface area contributed by atoms with Gasteiger partial charge in [-0.3, -0.25) is 0 Å². The number of nitrogens with one attached hydrogen (secondary N) is 1. The Bertz CT molecular complexity index is 525. The van der Waals surface area contributed by atoms with Crippen molar-refractivity contribution in [3.63, 3.8) is 0 Å². The summed E-state index contributed by atoms with van der Waals surface area (Å²) < 4.78 is 64.0. The molecule has 0 bridgehead atoms. The average Bonchev–Trinajstić information content (AvgIpc) is 2.24. The highest BCUT2D eigenvalue weighted by molar-refractivity contribution is 7.89. The normalized spacial score (nSPS) is 12.9. The van der Waals surface area contributed by atoms with Crippen molar-refractivity contribution >= 4 is 22.4 Å². The molecule has 0 fully saturated rings. The van der Waals surface area contributed by atoms with Crippen LogP contribution in [0.25, 0.3) is 0 Å². The standard InChI is InChI=1S/C9H11F3N2O2S.ClH/c1-5(4-13)14-17(15,16)7-3-2-6(10)8(11)9(7)12;/h2-3,5,14H,4,13H2,1H3;1H/t5-;/m0./s1.